The molecule has 0 aliphatic carbocycles. The lowest BCUT2D eigenvalue weighted by atomic mass is 10.0. The van der Waals surface area contributed by atoms with Crippen LogP contribution in [0.3, 0.4) is 0 Å². The molecule has 0 spiro atoms. The molecular weight excluding hydrogens is 633 g/mol. The van der Waals surface area contributed by atoms with Gasteiger partial charge in [-0.3, -0.25) is 0 Å². The van der Waals surface area contributed by atoms with Gasteiger partial charge in [0.05, 0.1) is 10.9 Å². The molecule has 238 valence electrons. The van der Waals surface area contributed by atoms with Crippen molar-refractivity contribution in [3.8, 4) is 45.6 Å². The highest BCUT2D eigenvalue weighted by atomic mass is 16.4. The summed E-state index contributed by atoms with van der Waals surface area (Å²) in [7, 11) is 0. The Morgan fingerprint density at radius 2 is 0.941 bits per heavy atom. The topological polar surface area (TPSA) is 91.0 Å². The third-order valence-electron chi connectivity index (χ3n) is 9.59. The predicted molar refractivity (Wildman–Crippen MR) is 201 cm³/mol. The molecule has 0 radical (unpaired) electrons. The van der Waals surface area contributed by atoms with Crippen LogP contribution >= 0.6 is 0 Å². The van der Waals surface area contributed by atoms with Crippen LogP contribution in [0, 0.1) is 0 Å². The lowest BCUT2D eigenvalue weighted by Gasteiger charge is -2.10. The maximum absolute atomic E-state index is 6.60. The first-order valence-corrected chi connectivity index (χ1v) is 16.7. The van der Waals surface area contributed by atoms with Crippen molar-refractivity contribution < 1.29 is 13.3 Å². The fraction of sp³-hybridized carbons (Fsp3) is 0. The molecule has 0 aliphatic rings. The van der Waals surface area contributed by atoms with E-state index in [2.05, 4.69) is 36.4 Å². The summed E-state index contributed by atoms with van der Waals surface area (Å²) in [5, 5.41) is 5.86. The summed E-state index contributed by atoms with van der Waals surface area (Å²) in [5.41, 5.74) is 8.05. The minimum atomic E-state index is 0.535. The molecule has 0 unspecified atom stereocenters. The summed E-state index contributed by atoms with van der Waals surface area (Å²) in [4.78, 5) is 20.1. The molecule has 51 heavy (non-hydrogen) atoms. The Hall–Kier alpha value is -7.12. The van der Waals surface area contributed by atoms with Crippen LogP contribution in [0.4, 0.5) is 0 Å². The van der Waals surface area contributed by atoms with Crippen LogP contribution in [0.15, 0.2) is 159 Å². The number of benzene rings is 7. The number of hydrogen-bond donors (Lipinski definition) is 0. The van der Waals surface area contributed by atoms with Crippen molar-refractivity contribution in [1.29, 1.82) is 0 Å². The number of rotatable bonds is 4. The van der Waals surface area contributed by atoms with E-state index < -0.39 is 0 Å². The summed E-state index contributed by atoms with van der Waals surface area (Å²) >= 11 is 0. The van der Waals surface area contributed by atoms with Gasteiger partial charge in [0.2, 0.25) is 5.89 Å². The average molecular weight is 657 g/mol. The first-order chi connectivity index (χ1) is 25.3. The lowest BCUT2D eigenvalue weighted by molar-refractivity contribution is 0.619. The number of hydrogen-bond acceptors (Lipinski definition) is 7. The Labute approximate surface area is 289 Å². The predicted octanol–water partition coefficient (Wildman–Crippen LogP) is 11.6. The molecule has 0 aliphatic heterocycles. The number of furan rings is 2. The van der Waals surface area contributed by atoms with Crippen molar-refractivity contribution in [1.82, 2.24) is 19.9 Å². The highest BCUT2D eigenvalue weighted by Gasteiger charge is 2.21. The number of nitrogens with zero attached hydrogens (tertiary/aromatic N) is 4. The molecule has 0 bridgehead atoms. The van der Waals surface area contributed by atoms with E-state index in [0.717, 1.165) is 82.4 Å². The van der Waals surface area contributed by atoms with Crippen molar-refractivity contribution in [3.63, 3.8) is 0 Å². The normalized spacial score (nSPS) is 11.9. The van der Waals surface area contributed by atoms with Crippen molar-refractivity contribution in [2.75, 3.05) is 0 Å². The zero-order chi connectivity index (χ0) is 33.5. The second-order valence-electron chi connectivity index (χ2n) is 12.6. The van der Waals surface area contributed by atoms with Gasteiger partial charge in [-0.2, -0.15) is 0 Å². The van der Waals surface area contributed by atoms with Crippen LogP contribution in [-0.2, 0) is 0 Å². The van der Waals surface area contributed by atoms with Crippen molar-refractivity contribution in [2.24, 2.45) is 0 Å². The number of aromatic nitrogens is 4. The summed E-state index contributed by atoms with van der Waals surface area (Å²) in [6.45, 7) is 0. The van der Waals surface area contributed by atoms with Gasteiger partial charge in [-0.05, 0) is 47.9 Å². The molecule has 0 fully saturated rings. The van der Waals surface area contributed by atoms with Gasteiger partial charge in [-0.1, -0.05) is 103 Å². The van der Waals surface area contributed by atoms with Gasteiger partial charge in [0, 0.05) is 38.2 Å². The molecule has 4 aromatic heterocycles. The third kappa shape index (κ3) is 4.25. The van der Waals surface area contributed by atoms with E-state index >= 15 is 0 Å². The zero-order valence-corrected chi connectivity index (χ0v) is 26.9. The Balaban J connectivity index is 1.13. The summed E-state index contributed by atoms with van der Waals surface area (Å²) in [6, 6.07) is 48.3. The molecule has 11 aromatic rings. The monoisotopic (exact) mass is 656 g/mol. The van der Waals surface area contributed by atoms with Gasteiger partial charge in [0.25, 0.3) is 0 Å². The van der Waals surface area contributed by atoms with Crippen LogP contribution in [-0.4, -0.2) is 19.9 Å². The van der Waals surface area contributed by atoms with E-state index in [1.807, 2.05) is 109 Å². The van der Waals surface area contributed by atoms with Gasteiger partial charge in [-0.15, -0.1) is 0 Å². The largest absolute Gasteiger partial charge is 0.455 e. The zero-order valence-electron chi connectivity index (χ0n) is 26.9. The molecule has 7 nitrogen and oxygen atoms in total. The van der Waals surface area contributed by atoms with Crippen molar-refractivity contribution in [2.45, 2.75) is 0 Å². The Bertz CT molecular complexity index is 3140. The lowest BCUT2D eigenvalue weighted by Crippen LogP contribution is -2.00. The fourth-order valence-electron chi connectivity index (χ4n) is 7.22. The SMILES string of the molecule is c1ccc(-c2nc(-c3cccc4c3ccc3c4oc4ccc5oc(-c6ccccc6)nc5c43)nc(-c3cccc4c3oc3ccccc34)n2)cc1. The Morgan fingerprint density at radius 3 is 1.76 bits per heavy atom. The average Bonchev–Trinajstić information content (AvgIpc) is 3.91. The fourth-order valence-corrected chi connectivity index (χ4v) is 7.22. The van der Waals surface area contributed by atoms with Crippen molar-refractivity contribution >= 4 is 65.7 Å². The molecular formula is C44H24N4O3. The van der Waals surface area contributed by atoms with E-state index in [9.17, 15) is 0 Å². The molecule has 0 N–H and O–H groups in total. The van der Waals surface area contributed by atoms with Gasteiger partial charge >= 0.3 is 0 Å². The standard InChI is InChI=1S/C44H24N4O3/c1-3-11-25(12-4-1)41-46-42(48-43(47-41)33-19-10-17-30-28-15-7-8-20-34(28)49-40(30)33)31-18-9-16-29-27(31)21-22-32-37-35(50-39(29)32)23-24-36-38(37)45-44(51-36)26-13-5-2-6-14-26/h1-24H. The van der Waals surface area contributed by atoms with E-state index in [1.165, 1.54) is 0 Å². The van der Waals surface area contributed by atoms with E-state index in [0.29, 0.717) is 28.9 Å². The Morgan fingerprint density at radius 1 is 0.333 bits per heavy atom. The Kier molecular flexibility index (Phi) is 5.83. The summed E-state index contributed by atoms with van der Waals surface area (Å²) in [5.74, 6) is 2.24. The number of oxazole rings is 1. The van der Waals surface area contributed by atoms with Gasteiger partial charge < -0.3 is 13.3 Å². The van der Waals surface area contributed by atoms with Crippen LogP contribution in [0.5, 0.6) is 0 Å². The van der Waals surface area contributed by atoms with E-state index in [1.54, 1.807) is 0 Å². The van der Waals surface area contributed by atoms with Gasteiger partial charge in [-0.25, -0.2) is 19.9 Å². The number of para-hydroxylation sites is 2. The second kappa shape index (κ2) is 10.7. The van der Waals surface area contributed by atoms with Gasteiger partial charge in [0.1, 0.15) is 27.8 Å². The summed E-state index contributed by atoms with van der Waals surface area (Å²) in [6.07, 6.45) is 0. The quantitative estimate of drug-likeness (QED) is 0.186. The van der Waals surface area contributed by atoms with Gasteiger partial charge in [0.15, 0.2) is 23.1 Å². The number of fused-ring (bicyclic) bond motifs is 10. The molecule has 4 heterocycles. The highest BCUT2D eigenvalue weighted by Crippen LogP contribution is 2.41. The molecule has 11 rings (SSSR count). The smallest absolute Gasteiger partial charge is 0.227 e. The van der Waals surface area contributed by atoms with E-state index in [4.69, 9.17) is 33.2 Å². The van der Waals surface area contributed by atoms with E-state index in [-0.39, 0.29) is 0 Å². The first kappa shape index (κ1) is 27.8. The van der Waals surface area contributed by atoms with Crippen molar-refractivity contribution in [3.05, 3.63) is 146 Å². The molecule has 0 saturated carbocycles. The first-order valence-electron chi connectivity index (χ1n) is 16.7. The second-order valence-corrected chi connectivity index (χ2v) is 12.6. The molecule has 7 heteroatoms. The summed E-state index contributed by atoms with van der Waals surface area (Å²) < 4.78 is 19.2. The maximum atomic E-state index is 6.60. The van der Waals surface area contributed by atoms with Crippen LogP contribution in [0.2, 0.25) is 0 Å². The van der Waals surface area contributed by atoms with Crippen LogP contribution < -0.4 is 0 Å². The van der Waals surface area contributed by atoms with Crippen LogP contribution in [0.25, 0.3) is 111 Å². The molecule has 0 atom stereocenters. The molecule has 7 aromatic carbocycles. The third-order valence-corrected chi connectivity index (χ3v) is 9.59. The maximum Gasteiger partial charge on any atom is 0.227 e. The highest BCUT2D eigenvalue weighted by molar-refractivity contribution is 6.23. The van der Waals surface area contributed by atoms with Crippen LogP contribution in [0.1, 0.15) is 0 Å². The minimum Gasteiger partial charge on any atom is -0.455 e. The minimum absolute atomic E-state index is 0.535. The molecule has 0 amide bonds. The molecule has 0 saturated heterocycles.